The molecule has 0 aliphatic heterocycles. The van der Waals surface area contributed by atoms with Gasteiger partial charge >= 0.3 is 6.18 Å². The Hall–Kier alpha value is -2.50. The quantitative estimate of drug-likeness (QED) is 0.846. The van der Waals surface area contributed by atoms with Gasteiger partial charge in [-0.1, -0.05) is 30.3 Å². The summed E-state index contributed by atoms with van der Waals surface area (Å²) in [5.74, 6) is -1.71. The molecule has 0 saturated carbocycles. The van der Waals surface area contributed by atoms with Crippen LogP contribution in [0.25, 0.3) is 0 Å². The van der Waals surface area contributed by atoms with Crippen molar-refractivity contribution >= 4 is 5.91 Å². The Morgan fingerprint density at radius 1 is 1.12 bits per heavy atom. The van der Waals surface area contributed by atoms with E-state index in [1.165, 1.54) is 13.0 Å². The largest absolute Gasteiger partial charge is 0.508 e. The van der Waals surface area contributed by atoms with Crippen molar-refractivity contribution in [3.05, 3.63) is 65.2 Å². The Morgan fingerprint density at radius 2 is 1.76 bits per heavy atom. The number of halogens is 3. The Kier molecular flexibility index (Phi) is 5.72. The standard InChI is InChI=1S/C19H20F3NO2/c1-12(8-14-6-4-3-5-7-14)23-18(25)13(2)15-9-16(19(20,21)22)11-17(24)10-15/h3-7,9-13,24H,8H2,1-2H3,(H,23,25)/t12-,13-/m1/s1. The molecule has 0 aromatic heterocycles. The molecule has 0 unspecified atom stereocenters. The molecule has 3 nitrogen and oxygen atoms in total. The van der Waals surface area contributed by atoms with Crippen LogP contribution in [0.4, 0.5) is 13.2 Å². The molecule has 0 fully saturated rings. The molecular weight excluding hydrogens is 331 g/mol. The van der Waals surface area contributed by atoms with E-state index >= 15 is 0 Å². The molecule has 6 heteroatoms. The number of alkyl halides is 3. The van der Waals surface area contributed by atoms with Crippen molar-refractivity contribution in [1.29, 1.82) is 0 Å². The summed E-state index contributed by atoms with van der Waals surface area (Å²) in [4.78, 5) is 12.3. The zero-order valence-electron chi connectivity index (χ0n) is 14.0. The summed E-state index contributed by atoms with van der Waals surface area (Å²) in [5, 5.41) is 12.3. The third-order valence-corrected chi connectivity index (χ3v) is 3.93. The van der Waals surface area contributed by atoms with E-state index in [1.54, 1.807) is 0 Å². The van der Waals surface area contributed by atoms with Crippen molar-refractivity contribution < 1.29 is 23.1 Å². The Balaban J connectivity index is 2.08. The maximum absolute atomic E-state index is 12.9. The first-order chi connectivity index (χ1) is 11.7. The number of carbonyl (C=O) groups excluding carboxylic acids is 1. The minimum absolute atomic E-state index is 0.122. The Morgan fingerprint density at radius 3 is 2.36 bits per heavy atom. The van der Waals surface area contributed by atoms with Gasteiger partial charge in [0.15, 0.2) is 0 Å². The van der Waals surface area contributed by atoms with E-state index in [0.717, 1.165) is 11.6 Å². The van der Waals surface area contributed by atoms with E-state index in [0.29, 0.717) is 12.5 Å². The van der Waals surface area contributed by atoms with Crippen molar-refractivity contribution in [1.82, 2.24) is 5.32 Å². The van der Waals surface area contributed by atoms with E-state index in [9.17, 15) is 23.1 Å². The van der Waals surface area contributed by atoms with Crippen molar-refractivity contribution in [3.8, 4) is 5.75 Å². The fraction of sp³-hybridized carbons (Fsp3) is 0.316. The van der Waals surface area contributed by atoms with E-state index in [2.05, 4.69) is 5.32 Å². The molecule has 2 atom stereocenters. The molecule has 0 heterocycles. The smallest absolute Gasteiger partial charge is 0.416 e. The molecule has 25 heavy (non-hydrogen) atoms. The molecule has 2 rings (SSSR count). The second-order valence-corrected chi connectivity index (χ2v) is 6.13. The Bertz CT molecular complexity index is 729. The van der Waals surface area contributed by atoms with Crippen LogP contribution in [-0.4, -0.2) is 17.1 Å². The zero-order valence-corrected chi connectivity index (χ0v) is 14.0. The van der Waals surface area contributed by atoms with Gasteiger partial charge in [-0.3, -0.25) is 4.79 Å². The van der Waals surface area contributed by atoms with Crippen LogP contribution in [0.3, 0.4) is 0 Å². The number of nitrogens with one attached hydrogen (secondary N) is 1. The van der Waals surface area contributed by atoms with Gasteiger partial charge in [-0.05, 0) is 49.6 Å². The van der Waals surface area contributed by atoms with E-state index < -0.39 is 23.4 Å². The molecule has 0 aliphatic carbocycles. The summed E-state index contributed by atoms with van der Waals surface area (Å²) < 4.78 is 38.6. The van der Waals surface area contributed by atoms with Gasteiger partial charge in [0, 0.05) is 6.04 Å². The van der Waals surface area contributed by atoms with Crippen LogP contribution in [0.1, 0.15) is 36.5 Å². The van der Waals surface area contributed by atoms with Gasteiger partial charge < -0.3 is 10.4 Å². The van der Waals surface area contributed by atoms with E-state index in [4.69, 9.17) is 0 Å². The summed E-state index contributed by atoms with van der Waals surface area (Å²) in [5.41, 5.74) is 0.205. The predicted molar refractivity (Wildman–Crippen MR) is 89.3 cm³/mol. The van der Waals surface area contributed by atoms with Gasteiger partial charge in [0.2, 0.25) is 5.91 Å². The minimum Gasteiger partial charge on any atom is -0.508 e. The maximum Gasteiger partial charge on any atom is 0.416 e. The first kappa shape index (κ1) is 18.8. The molecule has 1 amide bonds. The van der Waals surface area contributed by atoms with Gasteiger partial charge in [0.1, 0.15) is 5.75 Å². The molecular formula is C19H20F3NO2. The van der Waals surface area contributed by atoms with E-state index in [1.807, 2.05) is 37.3 Å². The molecule has 2 N–H and O–H groups in total. The lowest BCUT2D eigenvalue weighted by molar-refractivity contribution is -0.137. The highest BCUT2D eigenvalue weighted by Gasteiger charge is 2.32. The number of phenolic OH excluding ortho intramolecular Hbond substituents is 1. The van der Waals surface area contributed by atoms with E-state index in [-0.39, 0.29) is 17.5 Å². The van der Waals surface area contributed by atoms with Crippen molar-refractivity contribution in [2.75, 3.05) is 0 Å². The molecule has 2 aromatic carbocycles. The summed E-state index contributed by atoms with van der Waals surface area (Å²) in [7, 11) is 0. The number of hydrogen-bond donors (Lipinski definition) is 2. The fourth-order valence-corrected chi connectivity index (χ4v) is 2.59. The van der Waals surface area contributed by atoms with Gasteiger partial charge in [0.25, 0.3) is 0 Å². The number of amides is 1. The number of rotatable bonds is 5. The highest BCUT2D eigenvalue weighted by atomic mass is 19.4. The molecule has 0 spiro atoms. The first-order valence-corrected chi connectivity index (χ1v) is 7.92. The lowest BCUT2D eigenvalue weighted by atomic mass is 9.97. The SMILES string of the molecule is C[C@H](Cc1ccccc1)NC(=O)[C@H](C)c1cc(O)cc(C(F)(F)F)c1. The lowest BCUT2D eigenvalue weighted by Gasteiger charge is -2.19. The van der Waals surface area contributed by atoms with Crippen LogP contribution in [0.5, 0.6) is 5.75 Å². The topological polar surface area (TPSA) is 49.3 Å². The fourth-order valence-electron chi connectivity index (χ4n) is 2.59. The molecule has 134 valence electrons. The lowest BCUT2D eigenvalue weighted by Crippen LogP contribution is -2.36. The zero-order chi connectivity index (χ0) is 18.6. The summed E-state index contributed by atoms with van der Waals surface area (Å²) in [6.07, 6.45) is -3.96. The van der Waals surface area contributed by atoms with Crippen LogP contribution >= 0.6 is 0 Å². The van der Waals surface area contributed by atoms with Gasteiger partial charge in [-0.2, -0.15) is 13.2 Å². The highest BCUT2D eigenvalue weighted by molar-refractivity contribution is 5.83. The minimum atomic E-state index is -4.58. The molecule has 0 radical (unpaired) electrons. The molecule has 0 aliphatic rings. The average Bonchev–Trinajstić information content (AvgIpc) is 2.53. The monoisotopic (exact) mass is 351 g/mol. The third kappa shape index (κ3) is 5.24. The van der Waals surface area contributed by atoms with Crippen molar-refractivity contribution in [2.24, 2.45) is 0 Å². The van der Waals surface area contributed by atoms with Crippen LogP contribution in [-0.2, 0) is 17.4 Å². The summed E-state index contributed by atoms with van der Waals surface area (Å²) in [6.45, 7) is 3.35. The van der Waals surface area contributed by atoms with Crippen LogP contribution in [0, 0.1) is 0 Å². The second-order valence-electron chi connectivity index (χ2n) is 6.13. The second kappa shape index (κ2) is 7.59. The van der Waals surface area contributed by atoms with Gasteiger partial charge in [-0.15, -0.1) is 0 Å². The van der Waals surface area contributed by atoms with Crippen LogP contribution < -0.4 is 5.32 Å². The first-order valence-electron chi connectivity index (χ1n) is 7.92. The normalized spacial score (nSPS) is 14.0. The van der Waals surface area contributed by atoms with Crippen LogP contribution in [0.2, 0.25) is 0 Å². The summed E-state index contributed by atoms with van der Waals surface area (Å²) >= 11 is 0. The molecule has 0 bridgehead atoms. The number of phenols is 1. The van der Waals surface area contributed by atoms with Gasteiger partial charge in [-0.25, -0.2) is 0 Å². The molecule has 0 saturated heterocycles. The van der Waals surface area contributed by atoms with Crippen molar-refractivity contribution in [3.63, 3.8) is 0 Å². The summed E-state index contributed by atoms with van der Waals surface area (Å²) in [6, 6.07) is 12.1. The number of carbonyl (C=O) groups is 1. The van der Waals surface area contributed by atoms with Gasteiger partial charge in [0.05, 0.1) is 11.5 Å². The van der Waals surface area contributed by atoms with Crippen molar-refractivity contribution in [2.45, 2.75) is 38.4 Å². The Labute approximate surface area is 144 Å². The number of aromatic hydroxyl groups is 1. The number of hydrogen-bond acceptors (Lipinski definition) is 2. The predicted octanol–water partition coefficient (Wildman–Crippen LogP) is 4.26. The molecule has 2 aromatic rings. The third-order valence-electron chi connectivity index (χ3n) is 3.93. The average molecular weight is 351 g/mol. The maximum atomic E-state index is 12.9. The van der Waals surface area contributed by atoms with Crippen LogP contribution in [0.15, 0.2) is 48.5 Å². The number of benzene rings is 2. The highest BCUT2D eigenvalue weighted by Crippen LogP contribution is 2.34.